The van der Waals surface area contributed by atoms with Crippen LogP contribution in [-0.4, -0.2) is 22.5 Å². The number of rotatable bonds is 5. The molecule has 0 radical (unpaired) electrons. The number of aryl methyl sites for hydroxylation is 1. The lowest BCUT2D eigenvalue weighted by Crippen LogP contribution is -2.12. The van der Waals surface area contributed by atoms with Crippen molar-refractivity contribution >= 4 is 11.8 Å². The Morgan fingerprint density at radius 1 is 1.25 bits per heavy atom. The Morgan fingerprint density at radius 3 is 2.75 bits per heavy atom. The van der Waals surface area contributed by atoms with Crippen molar-refractivity contribution in [1.29, 1.82) is 0 Å². The van der Waals surface area contributed by atoms with Crippen LogP contribution in [0.1, 0.15) is 28.5 Å². The molecule has 0 aliphatic rings. The highest BCUT2D eigenvalue weighted by molar-refractivity contribution is 5.94. The van der Waals surface area contributed by atoms with Gasteiger partial charge in [0.25, 0.3) is 0 Å². The molecule has 20 heavy (non-hydrogen) atoms. The van der Waals surface area contributed by atoms with E-state index in [-0.39, 0.29) is 5.97 Å². The topological polar surface area (TPSA) is 64.1 Å². The van der Waals surface area contributed by atoms with Gasteiger partial charge in [-0.15, -0.1) is 0 Å². The van der Waals surface area contributed by atoms with Gasteiger partial charge in [0.2, 0.25) is 0 Å². The Bertz CT molecular complexity index is 599. The fraction of sp³-hybridized carbons (Fsp3) is 0.267. The summed E-state index contributed by atoms with van der Waals surface area (Å²) in [7, 11) is 0. The van der Waals surface area contributed by atoms with Crippen LogP contribution in [0.2, 0.25) is 0 Å². The first kappa shape index (κ1) is 14.0. The van der Waals surface area contributed by atoms with Gasteiger partial charge in [-0.2, -0.15) is 0 Å². The maximum absolute atomic E-state index is 11.8. The Balaban J connectivity index is 2.14. The third kappa shape index (κ3) is 3.32. The van der Waals surface area contributed by atoms with Gasteiger partial charge < -0.3 is 10.1 Å². The molecule has 2 aromatic rings. The second-order valence-electron chi connectivity index (χ2n) is 4.24. The molecule has 0 bridgehead atoms. The molecular formula is C15H17N3O2. The first-order valence-corrected chi connectivity index (χ1v) is 6.49. The average molecular weight is 271 g/mol. The zero-order valence-electron chi connectivity index (χ0n) is 11.6. The minimum Gasteiger partial charge on any atom is -0.462 e. The Labute approximate surface area is 118 Å². The third-order valence-electron chi connectivity index (χ3n) is 2.84. The van der Waals surface area contributed by atoms with E-state index in [0.717, 1.165) is 11.3 Å². The van der Waals surface area contributed by atoms with Gasteiger partial charge in [0.05, 0.1) is 18.8 Å². The van der Waals surface area contributed by atoms with Crippen LogP contribution in [0.4, 0.5) is 5.82 Å². The van der Waals surface area contributed by atoms with Crippen molar-refractivity contribution in [2.24, 2.45) is 0 Å². The highest BCUT2D eigenvalue weighted by atomic mass is 16.5. The number of hydrogen-bond acceptors (Lipinski definition) is 5. The molecule has 2 heterocycles. The Hall–Kier alpha value is -2.43. The molecule has 0 saturated heterocycles. The average Bonchev–Trinajstić information content (AvgIpc) is 2.47. The molecule has 0 aromatic carbocycles. The van der Waals surface area contributed by atoms with Crippen LogP contribution >= 0.6 is 0 Å². The van der Waals surface area contributed by atoms with Crippen molar-refractivity contribution in [3.8, 4) is 0 Å². The molecule has 1 N–H and O–H groups in total. The van der Waals surface area contributed by atoms with E-state index in [1.807, 2.05) is 19.1 Å². The Kier molecular flexibility index (Phi) is 4.65. The van der Waals surface area contributed by atoms with E-state index in [9.17, 15) is 4.79 Å². The lowest BCUT2D eigenvalue weighted by Gasteiger charge is -2.10. The molecule has 0 amide bonds. The maximum Gasteiger partial charge on any atom is 0.341 e. The molecule has 5 nitrogen and oxygen atoms in total. The summed E-state index contributed by atoms with van der Waals surface area (Å²) in [6, 6.07) is 7.29. The van der Waals surface area contributed by atoms with Crippen LogP contribution in [0.15, 0.2) is 36.7 Å². The van der Waals surface area contributed by atoms with Gasteiger partial charge in [-0.3, -0.25) is 4.98 Å². The molecule has 0 aliphatic heterocycles. The third-order valence-corrected chi connectivity index (χ3v) is 2.84. The molecule has 0 aliphatic carbocycles. The zero-order chi connectivity index (χ0) is 14.4. The molecule has 5 heteroatoms. The summed E-state index contributed by atoms with van der Waals surface area (Å²) < 4.78 is 5.01. The molecule has 2 aromatic heterocycles. The first-order chi connectivity index (χ1) is 9.72. The van der Waals surface area contributed by atoms with Gasteiger partial charge in [0, 0.05) is 12.4 Å². The minimum atomic E-state index is -0.374. The van der Waals surface area contributed by atoms with Crippen LogP contribution in [0.5, 0.6) is 0 Å². The lowest BCUT2D eigenvalue weighted by atomic mass is 10.2. The van der Waals surface area contributed by atoms with Crippen molar-refractivity contribution in [2.75, 3.05) is 11.9 Å². The molecule has 0 fully saturated rings. The van der Waals surface area contributed by atoms with Crippen molar-refractivity contribution in [3.63, 3.8) is 0 Å². The number of nitrogens with zero attached hydrogens (tertiary/aromatic N) is 2. The van der Waals surface area contributed by atoms with E-state index in [2.05, 4.69) is 15.3 Å². The van der Waals surface area contributed by atoms with E-state index < -0.39 is 0 Å². The van der Waals surface area contributed by atoms with Gasteiger partial charge in [-0.1, -0.05) is 6.07 Å². The van der Waals surface area contributed by atoms with Crippen molar-refractivity contribution < 1.29 is 9.53 Å². The summed E-state index contributed by atoms with van der Waals surface area (Å²) >= 11 is 0. The van der Waals surface area contributed by atoms with E-state index in [1.165, 1.54) is 0 Å². The van der Waals surface area contributed by atoms with Crippen molar-refractivity contribution in [1.82, 2.24) is 9.97 Å². The summed E-state index contributed by atoms with van der Waals surface area (Å²) in [6.45, 7) is 4.62. The number of aromatic nitrogens is 2. The molecule has 0 unspecified atom stereocenters. The number of pyridine rings is 2. The molecule has 104 valence electrons. The van der Waals surface area contributed by atoms with E-state index in [0.29, 0.717) is 24.5 Å². The monoisotopic (exact) mass is 271 g/mol. The number of carbonyl (C=O) groups excluding carboxylic acids is 1. The fourth-order valence-electron chi connectivity index (χ4n) is 1.79. The highest BCUT2D eigenvalue weighted by Gasteiger charge is 2.13. The molecule has 0 saturated carbocycles. The van der Waals surface area contributed by atoms with Crippen LogP contribution in [0.3, 0.4) is 0 Å². The number of carbonyl (C=O) groups is 1. The lowest BCUT2D eigenvalue weighted by molar-refractivity contribution is 0.0527. The van der Waals surface area contributed by atoms with Gasteiger partial charge >= 0.3 is 5.97 Å². The minimum absolute atomic E-state index is 0.340. The first-order valence-electron chi connectivity index (χ1n) is 6.49. The SMILES string of the molecule is CCOC(=O)c1cccnc1NCc1ncccc1C. The second kappa shape index (κ2) is 6.65. The number of nitrogens with one attached hydrogen (secondary N) is 1. The van der Waals surface area contributed by atoms with E-state index in [1.54, 1.807) is 31.5 Å². The van der Waals surface area contributed by atoms with Crippen LogP contribution in [-0.2, 0) is 11.3 Å². The normalized spacial score (nSPS) is 10.1. The largest absolute Gasteiger partial charge is 0.462 e. The summed E-state index contributed by atoms with van der Waals surface area (Å²) in [6.07, 6.45) is 3.38. The summed E-state index contributed by atoms with van der Waals surface area (Å²) in [5.41, 5.74) is 2.45. The van der Waals surface area contributed by atoms with Crippen molar-refractivity contribution in [2.45, 2.75) is 20.4 Å². The Morgan fingerprint density at radius 2 is 2.00 bits per heavy atom. The molecule has 0 spiro atoms. The van der Waals surface area contributed by atoms with Crippen LogP contribution in [0, 0.1) is 6.92 Å². The van der Waals surface area contributed by atoms with Crippen LogP contribution < -0.4 is 5.32 Å². The number of anilines is 1. The van der Waals surface area contributed by atoms with E-state index in [4.69, 9.17) is 4.74 Å². The van der Waals surface area contributed by atoms with Gasteiger partial charge in [0.15, 0.2) is 0 Å². The second-order valence-corrected chi connectivity index (χ2v) is 4.24. The summed E-state index contributed by atoms with van der Waals surface area (Å²) in [5.74, 6) is 0.136. The van der Waals surface area contributed by atoms with Crippen LogP contribution in [0.25, 0.3) is 0 Å². The summed E-state index contributed by atoms with van der Waals surface area (Å²) in [5, 5.41) is 3.14. The van der Waals surface area contributed by atoms with Crippen molar-refractivity contribution in [3.05, 3.63) is 53.5 Å². The fourth-order valence-corrected chi connectivity index (χ4v) is 1.79. The van der Waals surface area contributed by atoms with Gasteiger partial charge in [0.1, 0.15) is 11.4 Å². The quantitative estimate of drug-likeness (QED) is 0.847. The molecule has 2 rings (SSSR count). The predicted molar refractivity (Wildman–Crippen MR) is 76.5 cm³/mol. The predicted octanol–water partition coefficient (Wildman–Crippen LogP) is 2.57. The number of hydrogen-bond donors (Lipinski definition) is 1. The van der Waals surface area contributed by atoms with Gasteiger partial charge in [-0.25, -0.2) is 9.78 Å². The molecular weight excluding hydrogens is 254 g/mol. The number of ether oxygens (including phenoxy) is 1. The van der Waals surface area contributed by atoms with E-state index >= 15 is 0 Å². The zero-order valence-corrected chi connectivity index (χ0v) is 11.6. The summed E-state index contributed by atoms with van der Waals surface area (Å²) in [4.78, 5) is 20.3. The smallest absolute Gasteiger partial charge is 0.341 e. The number of esters is 1. The maximum atomic E-state index is 11.8. The molecule has 0 atom stereocenters. The highest BCUT2D eigenvalue weighted by Crippen LogP contribution is 2.14. The van der Waals surface area contributed by atoms with Gasteiger partial charge in [-0.05, 0) is 37.6 Å². The standard InChI is InChI=1S/C15H17N3O2/c1-3-20-15(19)12-7-5-9-17-14(12)18-10-13-11(2)6-4-8-16-13/h4-9H,3,10H2,1-2H3,(H,17,18).